The van der Waals surface area contributed by atoms with E-state index in [1.807, 2.05) is 51.1 Å². The standard InChI is InChI=1S/C24H26N6O4/c1-6-12-28-20-21(25-23(28)30-17(4)15(2)16(3)26-30)27(5)24(33)29(22(20)32)13-19(31)34-14-18-10-8-7-9-11-18/h6-11H,1,12-14H2,2-5H3. The summed E-state index contributed by atoms with van der Waals surface area (Å²) in [4.78, 5) is 43.5. The van der Waals surface area contributed by atoms with Gasteiger partial charge in [-0.3, -0.25) is 18.7 Å². The number of carbonyl (C=O) groups excluding carboxylic acids is 1. The Labute approximate surface area is 195 Å². The number of rotatable bonds is 7. The zero-order valence-corrected chi connectivity index (χ0v) is 19.6. The zero-order chi connectivity index (χ0) is 24.6. The highest BCUT2D eigenvalue weighted by Crippen LogP contribution is 2.20. The topological polar surface area (TPSA) is 106 Å². The monoisotopic (exact) mass is 462 g/mol. The first-order valence-electron chi connectivity index (χ1n) is 10.8. The minimum absolute atomic E-state index is 0.0484. The van der Waals surface area contributed by atoms with Gasteiger partial charge < -0.3 is 4.74 Å². The smallest absolute Gasteiger partial charge is 0.333 e. The number of aryl methyl sites for hydroxylation is 2. The van der Waals surface area contributed by atoms with Crippen molar-refractivity contribution >= 4 is 17.1 Å². The molecule has 3 aromatic heterocycles. The largest absolute Gasteiger partial charge is 0.459 e. The first-order valence-corrected chi connectivity index (χ1v) is 10.8. The summed E-state index contributed by atoms with van der Waals surface area (Å²) < 4.78 is 10.7. The van der Waals surface area contributed by atoms with Crippen molar-refractivity contribution in [1.82, 2.24) is 28.5 Å². The van der Waals surface area contributed by atoms with E-state index in [9.17, 15) is 14.4 Å². The Morgan fingerprint density at radius 3 is 2.44 bits per heavy atom. The van der Waals surface area contributed by atoms with E-state index in [4.69, 9.17) is 4.74 Å². The lowest BCUT2D eigenvalue weighted by Gasteiger charge is -2.10. The number of benzene rings is 1. The lowest BCUT2D eigenvalue weighted by atomic mass is 10.2. The Bertz CT molecular complexity index is 1520. The molecule has 0 spiro atoms. The van der Waals surface area contributed by atoms with Crippen molar-refractivity contribution in [3.05, 3.63) is 86.3 Å². The minimum atomic E-state index is -0.688. The van der Waals surface area contributed by atoms with Gasteiger partial charge in [0.25, 0.3) is 5.56 Å². The third-order valence-corrected chi connectivity index (χ3v) is 5.90. The van der Waals surface area contributed by atoms with Crippen molar-refractivity contribution in [3.8, 4) is 5.95 Å². The molecule has 0 aliphatic rings. The van der Waals surface area contributed by atoms with Gasteiger partial charge in [0.05, 0.1) is 5.69 Å². The Morgan fingerprint density at radius 1 is 1.12 bits per heavy atom. The maximum absolute atomic E-state index is 13.4. The lowest BCUT2D eigenvalue weighted by molar-refractivity contribution is -0.145. The Hall–Kier alpha value is -4.21. The molecule has 0 radical (unpaired) electrons. The highest BCUT2D eigenvalue weighted by molar-refractivity contribution is 5.74. The van der Waals surface area contributed by atoms with Crippen LogP contribution in [0.3, 0.4) is 0 Å². The summed E-state index contributed by atoms with van der Waals surface area (Å²) in [5, 5.41) is 4.55. The first kappa shape index (κ1) is 23.0. The summed E-state index contributed by atoms with van der Waals surface area (Å²) in [5.74, 6) is -0.299. The molecule has 0 atom stereocenters. The molecule has 34 heavy (non-hydrogen) atoms. The molecule has 4 aromatic rings. The van der Waals surface area contributed by atoms with E-state index in [0.29, 0.717) is 5.95 Å². The average molecular weight is 463 g/mol. The number of esters is 1. The number of fused-ring (bicyclic) bond motifs is 1. The second kappa shape index (κ2) is 8.97. The fourth-order valence-corrected chi connectivity index (χ4v) is 3.79. The van der Waals surface area contributed by atoms with Gasteiger partial charge in [0.1, 0.15) is 13.2 Å². The van der Waals surface area contributed by atoms with Crippen LogP contribution in [0.25, 0.3) is 17.1 Å². The van der Waals surface area contributed by atoms with E-state index < -0.39 is 23.8 Å². The Balaban J connectivity index is 1.80. The van der Waals surface area contributed by atoms with E-state index in [1.165, 1.54) is 11.6 Å². The molecule has 0 unspecified atom stereocenters. The highest BCUT2D eigenvalue weighted by atomic mass is 16.5. The van der Waals surface area contributed by atoms with Gasteiger partial charge in [0, 0.05) is 19.3 Å². The van der Waals surface area contributed by atoms with Crippen molar-refractivity contribution in [1.29, 1.82) is 0 Å². The molecule has 0 aliphatic carbocycles. The van der Waals surface area contributed by atoms with Gasteiger partial charge in [0.15, 0.2) is 11.2 Å². The quantitative estimate of drug-likeness (QED) is 0.307. The molecule has 4 rings (SSSR count). The van der Waals surface area contributed by atoms with Crippen molar-refractivity contribution in [2.24, 2.45) is 7.05 Å². The number of aromatic nitrogens is 6. The molecule has 176 valence electrons. The fraction of sp³-hybridized carbons (Fsp3) is 0.292. The van der Waals surface area contributed by atoms with Crippen molar-refractivity contribution in [2.75, 3.05) is 0 Å². The van der Waals surface area contributed by atoms with Crippen LogP contribution in [-0.4, -0.2) is 34.4 Å². The van der Waals surface area contributed by atoms with Gasteiger partial charge in [-0.15, -0.1) is 6.58 Å². The van der Waals surface area contributed by atoms with Crippen LogP contribution in [0.2, 0.25) is 0 Å². The predicted octanol–water partition coefficient (Wildman–Crippen LogP) is 1.94. The van der Waals surface area contributed by atoms with E-state index in [0.717, 1.165) is 27.1 Å². The van der Waals surface area contributed by atoms with Crippen LogP contribution in [0.4, 0.5) is 0 Å². The van der Waals surface area contributed by atoms with Crippen LogP contribution in [0.15, 0.2) is 52.6 Å². The molecule has 0 aliphatic heterocycles. The fourth-order valence-electron chi connectivity index (χ4n) is 3.79. The first-order chi connectivity index (χ1) is 16.2. The third kappa shape index (κ3) is 3.87. The van der Waals surface area contributed by atoms with Crippen LogP contribution < -0.4 is 11.2 Å². The summed E-state index contributed by atoms with van der Waals surface area (Å²) in [6, 6.07) is 9.17. The molecule has 0 amide bonds. The van der Waals surface area contributed by atoms with Crippen molar-refractivity contribution in [2.45, 2.75) is 40.5 Å². The Kier molecular flexibility index (Phi) is 6.06. The van der Waals surface area contributed by atoms with Crippen LogP contribution in [-0.2, 0) is 36.3 Å². The molecule has 10 heteroatoms. The Morgan fingerprint density at radius 2 is 1.82 bits per heavy atom. The number of ether oxygens (including phenoxy) is 1. The van der Waals surface area contributed by atoms with E-state index in [2.05, 4.69) is 16.7 Å². The van der Waals surface area contributed by atoms with Gasteiger partial charge in [-0.1, -0.05) is 36.4 Å². The van der Waals surface area contributed by atoms with Crippen molar-refractivity contribution in [3.63, 3.8) is 0 Å². The minimum Gasteiger partial charge on any atom is -0.459 e. The average Bonchev–Trinajstić information content (AvgIpc) is 3.32. The van der Waals surface area contributed by atoms with Gasteiger partial charge in [-0.05, 0) is 31.9 Å². The van der Waals surface area contributed by atoms with E-state index in [-0.39, 0.29) is 24.3 Å². The zero-order valence-electron chi connectivity index (χ0n) is 19.6. The van der Waals surface area contributed by atoms with Crippen LogP contribution in [0, 0.1) is 20.8 Å². The molecule has 3 heterocycles. The summed E-state index contributed by atoms with van der Waals surface area (Å²) in [6.07, 6.45) is 1.63. The molecule has 1 aromatic carbocycles. The van der Waals surface area contributed by atoms with Crippen LogP contribution >= 0.6 is 0 Å². The second-order valence-corrected chi connectivity index (χ2v) is 8.07. The van der Waals surface area contributed by atoms with Gasteiger partial charge in [-0.25, -0.2) is 14.0 Å². The van der Waals surface area contributed by atoms with Crippen LogP contribution in [0.5, 0.6) is 0 Å². The number of carbonyl (C=O) groups is 1. The number of allylic oxidation sites excluding steroid dienone is 1. The van der Waals surface area contributed by atoms with Crippen LogP contribution in [0.1, 0.15) is 22.5 Å². The number of hydrogen-bond acceptors (Lipinski definition) is 6. The molecule has 0 N–H and O–H groups in total. The molecule has 0 saturated heterocycles. The normalized spacial score (nSPS) is 11.2. The number of hydrogen-bond donors (Lipinski definition) is 0. The third-order valence-electron chi connectivity index (χ3n) is 5.90. The second-order valence-electron chi connectivity index (χ2n) is 8.07. The predicted molar refractivity (Wildman–Crippen MR) is 127 cm³/mol. The molecular weight excluding hydrogens is 436 g/mol. The summed E-state index contributed by atoms with van der Waals surface area (Å²) in [6.45, 7) is 9.34. The van der Waals surface area contributed by atoms with Crippen molar-refractivity contribution < 1.29 is 9.53 Å². The lowest BCUT2D eigenvalue weighted by Crippen LogP contribution is -2.41. The van der Waals surface area contributed by atoms with Gasteiger partial charge >= 0.3 is 11.7 Å². The molecule has 10 nitrogen and oxygen atoms in total. The van der Waals surface area contributed by atoms with Gasteiger partial charge in [-0.2, -0.15) is 10.1 Å². The van der Waals surface area contributed by atoms with Gasteiger partial charge in [0.2, 0.25) is 5.95 Å². The number of imidazole rings is 1. The molecule has 0 saturated carbocycles. The molecule has 0 bridgehead atoms. The summed E-state index contributed by atoms with van der Waals surface area (Å²) >= 11 is 0. The summed E-state index contributed by atoms with van der Waals surface area (Å²) in [5.41, 5.74) is 2.60. The molecule has 0 fully saturated rings. The number of nitrogens with zero attached hydrogens (tertiary/aromatic N) is 6. The molecular formula is C24H26N6O4. The van der Waals surface area contributed by atoms with E-state index >= 15 is 0 Å². The van der Waals surface area contributed by atoms with E-state index in [1.54, 1.807) is 15.3 Å². The SMILES string of the molecule is C=CCn1c(-n2nc(C)c(C)c2C)nc2c1c(=O)n(CC(=O)OCc1ccccc1)c(=O)n2C. The summed E-state index contributed by atoms with van der Waals surface area (Å²) in [7, 11) is 1.51. The maximum atomic E-state index is 13.4. The highest BCUT2D eigenvalue weighted by Gasteiger charge is 2.24. The maximum Gasteiger partial charge on any atom is 0.333 e.